The van der Waals surface area contributed by atoms with Crippen LogP contribution in [0.3, 0.4) is 0 Å². The average Bonchev–Trinajstić information content (AvgIpc) is 2.27. The van der Waals surface area contributed by atoms with Gasteiger partial charge in [-0.25, -0.2) is 0 Å². The predicted molar refractivity (Wildman–Crippen MR) is 56.8 cm³/mol. The first-order valence-electron chi connectivity index (χ1n) is 4.51. The SMILES string of the molecule is O=C(O)C1C=C(CCl)C=CC1(C(=O)O)C(=O)O. The summed E-state index contributed by atoms with van der Waals surface area (Å²) in [5, 5.41) is 26.9. The van der Waals surface area contributed by atoms with Crippen molar-refractivity contribution in [3.8, 4) is 0 Å². The van der Waals surface area contributed by atoms with Gasteiger partial charge in [-0.15, -0.1) is 11.6 Å². The van der Waals surface area contributed by atoms with E-state index in [9.17, 15) is 14.4 Å². The van der Waals surface area contributed by atoms with Crippen molar-refractivity contribution in [1.29, 1.82) is 0 Å². The first-order valence-corrected chi connectivity index (χ1v) is 5.05. The molecular weight excluding hydrogens is 252 g/mol. The monoisotopic (exact) mass is 260 g/mol. The third-order valence-electron chi connectivity index (χ3n) is 2.56. The number of hydrogen-bond acceptors (Lipinski definition) is 3. The maximum atomic E-state index is 11.1. The van der Waals surface area contributed by atoms with E-state index in [-0.39, 0.29) is 5.88 Å². The molecule has 0 amide bonds. The van der Waals surface area contributed by atoms with Crippen molar-refractivity contribution in [3.63, 3.8) is 0 Å². The molecule has 3 N–H and O–H groups in total. The van der Waals surface area contributed by atoms with Crippen molar-refractivity contribution >= 4 is 29.5 Å². The number of carboxylic acid groups (broad SMARTS) is 3. The largest absolute Gasteiger partial charge is 0.481 e. The molecule has 1 unspecified atom stereocenters. The highest BCUT2D eigenvalue weighted by Gasteiger charge is 2.54. The summed E-state index contributed by atoms with van der Waals surface area (Å²) >= 11 is 5.50. The molecule has 0 saturated heterocycles. The van der Waals surface area contributed by atoms with Gasteiger partial charge in [-0.1, -0.05) is 18.2 Å². The maximum absolute atomic E-state index is 11.1. The van der Waals surface area contributed by atoms with Crippen LogP contribution in [-0.4, -0.2) is 39.1 Å². The summed E-state index contributed by atoms with van der Waals surface area (Å²) in [6.45, 7) is 0. The maximum Gasteiger partial charge on any atom is 0.326 e. The molecule has 0 aromatic rings. The highest BCUT2D eigenvalue weighted by atomic mass is 35.5. The molecule has 0 aromatic heterocycles. The Balaban J connectivity index is 3.37. The van der Waals surface area contributed by atoms with Crippen LogP contribution in [0.1, 0.15) is 0 Å². The lowest BCUT2D eigenvalue weighted by Gasteiger charge is -2.29. The highest BCUT2D eigenvalue weighted by Crippen LogP contribution is 2.36. The summed E-state index contributed by atoms with van der Waals surface area (Å²) in [6, 6.07) is 0. The molecule has 0 spiro atoms. The van der Waals surface area contributed by atoms with Crippen LogP contribution in [0.2, 0.25) is 0 Å². The molecule has 0 aromatic carbocycles. The molecule has 6 nitrogen and oxygen atoms in total. The third-order valence-corrected chi connectivity index (χ3v) is 2.87. The fourth-order valence-electron chi connectivity index (χ4n) is 1.60. The van der Waals surface area contributed by atoms with E-state index < -0.39 is 29.2 Å². The number of halogens is 1. The summed E-state index contributed by atoms with van der Waals surface area (Å²) in [5.41, 5.74) is -2.11. The van der Waals surface area contributed by atoms with Crippen LogP contribution < -0.4 is 0 Å². The number of carbonyl (C=O) groups is 3. The van der Waals surface area contributed by atoms with Gasteiger partial charge in [0.25, 0.3) is 0 Å². The lowest BCUT2D eigenvalue weighted by molar-refractivity contribution is -0.169. The highest BCUT2D eigenvalue weighted by molar-refractivity contribution is 6.19. The quantitative estimate of drug-likeness (QED) is 0.503. The van der Waals surface area contributed by atoms with E-state index in [4.69, 9.17) is 26.9 Å². The molecule has 1 atom stereocenters. The molecular formula is C10H9ClO6. The fourth-order valence-corrected chi connectivity index (χ4v) is 1.78. The Bertz CT molecular complexity index is 422. The van der Waals surface area contributed by atoms with Gasteiger partial charge in [-0.3, -0.25) is 14.4 Å². The molecule has 7 heteroatoms. The minimum atomic E-state index is -2.48. The second kappa shape index (κ2) is 4.58. The van der Waals surface area contributed by atoms with Crippen molar-refractivity contribution < 1.29 is 29.7 Å². The van der Waals surface area contributed by atoms with E-state index in [1.54, 1.807) is 0 Å². The van der Waals surface area contributed by atoms with Gasteiger partial charge in [0.1, 0.15) is 5.92 Å². The lowest BCUT2D eigenvalue weighted by atomic mass is 9.71. The zero-order valence-electron chi connectivity index (χ0n) is 8.46. The minimum Gasteiger partial charge on any atom is -0.481 e. The number of rotatable bonds is 4. The Morgan fingerprint density at radius 1 is 1.24 bits per heavy atom. The summed E-state index contributed by atoms with van der Waals surface area (Å²) in [6.07, 6.45) is 3.13. The molecule has 0 radical (unpaired) electrons. The van der Waals surface area contributed by atoms with Gasteiger partial charge in [0.15, 0.2) is 5.41 Å². The van der Waals surface area contributed by atoms with Crippen molar-refractivity contribution in [2.75, 3.05) is 5.88 Å². The Morgan fingerprint density at radius 3 is 2.12 bits per heavy atom. The summed E-state index contributed by atoms with van der Waals surface area (Å²) < 4.78 is 0. The average molecular weight is 261 g/mol. The molecule has 0 heterocycles. The Labute approximate surface area is 101 Å². The third kappa shape index (κ3) is 2.03. The smallest absolute Gasteiger partial charge is 0.326 e. The van der Waals surface area contributed by atoms with E-state index in [2.05, 4.69) is 0 Å². The first-order chi connectivity index (χ1) is 7.86. The van der Waals surface area contributed by atoms with E-state index in [1.807, 2.05) is 0 Å². The van der Waals surface area contributed by atoms with Gasteiger partial charge >= 0.3 is 17.9 Å². The normalized spacial score (nSPS) is 21.7. The molecule has 1 aliphatic rings. The summed E-state index contributed by atoms with van der Waals surface area (Å²) in [5.74, 6) is -6.68. The molecule has 92 valence electrons. The number of aliphatic carboxylic acids is 3. The second-order valence-corrected chi connectivity index (χ2v) is 3.77. The lowest BCUT2D eigenvalue weighted by Crippen LogP contribution is -2.47. The number of hydrogen-bond donors (Lipinski definition) is 3. The Hall–Kier alpha value is -1.82. The number of carboxylic acids is 3. The van der Waals surface area contributed by atoms with Crippen molar-refractivity contribution in [3.05, 3.63) is 23.8 Å². The van der Waals surface area contributed by atoms with Crippen molar-refractivity contribution in [2.24, 2.45) is 11.3 Å². The van der Waals surface area contributed by atoms with Crippen LogP contribution in [0.25, 0.3) is 0 Å². The van der Waals surface area contributed by atoms with Crippen molar-refractivity contribution in [2.45, 2.75) is 0 Å². The van der Waals surface area contributed by atoms with Crippen LogP contribution in [0, 0.1) is 11.3 Å². The molecule has 1 rings (SSSR count). The first kappa shape index (κ1) is 13.2. The van der Waals surface area contributed by atoms with Crippen LogP contribution >= 0.6 is 11.6 Å². The zero-order valence-corrected chi connectivity index (χ0v) is 9.22. The van der Waals surface area contributed by atoms with Gasteiger partial charge in [0, 0.05) is 5.88 Å². The van der Waals surface area contributed by atoms with Gasteiger partial charge in [0.05, 0.1) is 0 Å². The number of alkyl halides is 1. The summed E-state index contributed by atoms with van der Waals surface area (Å²) in [4.78, 5) is 33.1. The molecule has 0 fully saturated rings. The van der Waals surface area contributed by atoms with Crippen LogP contribution in [0.5, 0.6) is 0 Å². The van der Waals surface area contributed by atoms with E-state index in [1.165, 1.54) is 6.08 Å². The number of allylic oxidation sites excluding steroid dienone is 2. The molecule has 0 bridgehead atoms. The predicted octanol–water partition coefficient (Wildman–Crippen LogP) is 0.578. The fraction of sp³-hybridized carbons (Fsp3) is 0.300. The molecule has 17 heavy (non-hydrogen) atoms. The minimum absolute atomic E-state index is 0.0183. The molecule has 1 aliphatic carbocycles. The van der Waals surface area contributed by atoms with E-state index in [0.717, 1.165) is 12.2 Å². The van der Waals surface area contributed by atoms with Gasteiger partial charge in [0.2, 0.25) is 0 Å². The van der Waals surface area contributed by atoms with Gasteiger partial charge in [-0.05, 0) is 5.57 Å². The zero-order chi connectivity index (χ0) is 13.2. The van der Waals surface area contributed by atoms with E-state index >= 15 is 0 Å². The Kier molecular flexibility index (Phi) is 3.57. The van der Waals surface area contributed by atoms with Crippen LogP contribution in [-0.2, 0) is 14.4 Å². The Morgan fingerprint density at radius 2 is 1.76 bits per heavy atom. The second-order valence-electron chi connectivity index (χ2n) is 3.50. The van der Waals surface area contributed by atoms with Crippen molar-refractivity contribution in [1.82, 2.24) is 0 Å². The standard InChI is InChI=1S/C10H9ClO6/c11-4-5-1-2-10(8(14)15,9(16)17)6(3-5)7(12)13/h1-3,6H,4H2,(H,12,13)(H,14,15)(H,16,17). The summed E-state index contributed by atoms with van der Waals surface area (Å²) in [7, 11) is 0. The van der Waals surface area contributed by atoms with Crippen LogP contribution in [0.15, 0.2) is 23.8 Å². The van der Waals surface area contributed by atoms with Crippen LogP contribution in [0.4, 0.5) is 0 Å². The van der Waals surface area contributed by atoms with E-state index in [0.29, 0.717) is 5.57 Å². The molecule has 0 aliphatic heterocycles. The topological polar surface area (TPSA) is 112 Å². The van der Waals surface area contributed by atoms with Gasteiger partial charge < -0.3 is 15.3 Å². The van der Waals surface area contributed by atoms with Gasteiger partial charge in [-0.2, -0.15) is 0 Å². The molecule has 0 saturated carbocycles.